The molecule has 1 aliphatic heterocycles. The van der Waals surface area contributed by atoms with E-state index in [1.54, 1.807) is 31.2 Å². The lowest BCUT2D eigenvalue weighted by molar-refractivity contribution is -0.143. The molecule has 0 radical (unpaired) electrons. The van der Waals surface area contributed by atoms with Crippen LogP contribution in [-0.2, 0) is 41.6 Å². The van der Waals surface area contributed by atoms with E-state index in [0.717, 1.165) is 5.56 Å². The van der Waals surface area contributed by atoms with Crippen LogP contribution in [0.1, 0.15) is 90.2 Å². The van der Waals surface area contributed by atoms with E-state index in [1.165, 1.54) is 36.2 Å². The second kappa shape index (κ2) is 26.3. The van der Waals surface area contributed by atoms with Crippen molar-refractivity contribution < 1.29 is 48.9 Å². The van der Waals surface area contributed by atoms with Crippen molar-refractivity contribution in [2.75, 3.05) is 20.1 Å². The zero-order valence-corrected chi connectivity index (χ0v) is 38.0. The molecule has 20 heteroatoms. The van der Waals surface area contributed by atoms with E-state index in [4.69, 9.17) is 11.5 Å². The SMILES string of the molecule is CCC(C)C1NC(=O)C(NC(=O)NC(CCCN=C(N)N)C(=O)O)CCCCNC(=O)C(Cc2ccc(O)cc2)NC(=O)C(CC(C)C)N(C)C(=O)C(CCc2ccc(O)cc2)NC1=O. The molecule has 1 heterocycles. The Hall–Kier alpha value is -6.60. The number of aliphatic imine (C=N–C) groups is 1. The highest BCUT2D eigenvalue weighted by atomic mass is 16.4. The third-order valence-electron chi connectivity index (χ3n) is 11.3. The summed E-state index contributed by atoms with van der Waals surface area (Å²) in [6.45, 7) is 7.56. The minimum Gasteiger partial charge on any atom is -0.508 e. The quantitative estimate of drug-likeness (QED) is 0.0642. The Labute approximate surface area is 380 Å². The van der Waals surface area contributed by atoms with Gasteiger partial charge < -0.3 is 63.6 Å². The second-order valence-corrected chi connectivity index (χ2v) is 17.0. The molecule has 65 heavy (non-hydrogen) atoms. The van der Waals surface area contributed by atoms with Gasteiger partial charge in [0.15, 0.2) is 5.96 Å². The predicted octanol–water partition coefficient (Wildman–Crippen LogP) is 1.12. The number of nitrogens with two attached hydrogens (primary N) is 2. The molecule has 7 amide bonds. The molecular weight excluding hydrogens is 841 g/mol. The van der Waals surface area contributed by atoms with E-state index >= 15 is 0 Å². The molecule has 1 fully saturated rings. The lowest BCUT2D eigenvalue weighted by Gasteiger charge is -2.34. The molecule has 2 aromatic rings. The topological polar surface area (TPSA) is 320 Å². The Balaban J connectivity index is 2.05. The van der Waals surface area contributed by atoms with Gasteiger partial charge in [0, 0.05) is 26.6 Å². The van der Waals surface area contributed by atoms with Gasteiger partial charge >= 0.3 is 12.0 Å². The number of aromatic hydroxyl groups is 2. The normalized spacial score (nSPS) is 21.5. The first kappa shape index (κ1) is 52.7. The van der Waals surface area contributed by atoms with E-state index in [-0.39, 0.29) is 87.8 Å². The maximum absolute atomic E-state index is 14.6. The number of phenols is 2. The number of urea groups is 1. The van der Waals surface area contributed by atoms with Crippen molar-refractivity contribution in [1.29, 1.82) is 0 Å². The molecule has 1 saturated heterocycles. The first-order valence-corrected chi connectivity index (χ1v) is 22.2. The van der Waals surface area contributed by atoms with E-state index < -0.39 is 83.7 Å². The number of guanidine groups is 1. The number of carboxylic acid groups (broad SMARTS) is 1. The van der Waals surface area contributed by atoms with E-state index in [0.29, 0.717) is 18.4 Å². The minimum absolute atomic E-state index is 0.00922. The number of phenolic OH excluding ortho intramolecular Hbond substituents is 2. The number of carbonyl (C=O) groups excluding carboxylic acids is 6. The molecule has 0 spiro atoms. The van der Waals surface area contributed by atoms with E-state index in [9.17, 15) is 48.9 Å². The number of rotatable bonds is 16. The maximum Gasteiger partial charge on any atom is 0.326 e. The highest BCUT2D eigenvalue weighted by Crippen LogP contribution is 2.19. The average molecular weight is 909 g/mol. The zero-order valence-electron chi connectivity index (χ0n) is 38.0. The molecule has 7 atom stereocenters. The van der Waals surface area contributed by atoms with E-state index in [1.807, 2.05) is 20.8 Å². The number of benzene rings is 2. The number of carbonyl (C=O) groups is 7. The van der Waals surface area contributed by atoms with Gasteiger partial charge in [0.05, 0.1) is 0 Å². The lowest BCUT2D eigenvalue weighted by Crippen LogP contribution is -2.61. The van der Waals surface area contributed by atoms with Gasteiger partial charge in [-0.05, 0) is 98.6 Å². The molecular formula is C45H68N10O10. The summed E-state index contributed by atoms with van der Waals surface area (Å²) >= 11 is 0. The summed E-state index contributed by atoms with van der Waals surface area (Å²) in [6, 6.07) is 4.33. The molecule has 0 bridgehead atoms. The number of nitrogens with zero attached hydrogens (tertiary/aromatic N) is 2. The Morgan fingerprint density at radius 2 is 1.46 bits per heavy atom. The summed E-state index contributed by atoms with van der Waals surface area (Å²) in [4.78, 5) is 102. The molecule has 0 saturated carbocycles. The largest absolute Gasteiger partial charge is 0.508 e. The van der Waals surface area contributed by atoms with Crippen LogP contribution in [0.2, 0.25) is 0 Å². The van der Waals surface area contributed by atoms with Crippen LogP contribution in [0.5, 0.6) is 11.5 Å². The van der Waals surface area contributed by atoms with Gasteiger partial charge in [-0.25, -0.2) is 9.59 Å². The van der Waals surface area contributed by atoms with Crippen LogP contribution in [0.25, 0.3) is 0 Å². The van der Waals surface area contributed by atoms with Crippen molar-refractivity contribution >= 4 is 47.5 Å². The molecule has 2 aromatic carbocycles. The minimum atomic E-state index is -1.35. The Morgan fingerprint density at radius 1 is 0.846 bits per heavy atom. The Kier molecular flexibility index (Phi) is 21.3. The molecule has 0 aromatic heterocycles. The standard InChI is InChI=1S/C45H68N10O10/c1-6-27(4)37-41(61)50-33(21-16-28-12-17-30(56)18-13-28)42(62)55(5)36(24-26(2)3)40(60)51-35(25-29-14-19-31(57)20-15-29)38(58)48-22-8-7-10-32(39(59)54-37)52-45(65)53-34(43(63)64)11-9-23-49-44(46)47/h12-15,17-20,26-27,32-37,56-57H,6-11,16,21-25H2,1-5H3,(H,48,58)(H,50,61)(H,51,60)(H,54,59)(H,63,64)(H4,46,47,49)(H2,52,53,65). The van der Waals surface area contributed by atoms with Crippen LogP contribution in [0.15, 0.2) is 53.5 Å². The fraction of sp³-hybridized carbons (Fsp3) is 0.556. The number of amides is 7. The third-order valence-corrected chi connectivity index (χ3v) is 11.3. The summed E-state index contributed by atoms with van der Waals surface area (Å²) in [7, 11) is 1.46. The van der Waals surface area contributed by atoms with Crippen molar-refractivity contribution in [2.45, 2.75) is 128 Å². The number of aliphatic carboxylic acids is 1. The average Bonchev–Trinajstić information content (AvgIpc) is 3.26. The second-order valence-electron chi connectivity index (χ2n) is 17.0. The number of likely N-dealkylation sites (N-methyl/N-ethyl adjacent to an activating group) is 1. The van der Waals surface area contributed by atoms with Crippen molar-refractivity contribution in [3.8, 4) is 11.5 Å². The molecule has 13 N–H and O–H groups in total. The number of hydrogen-bond donors (Lipinski definition) is 11. The zero-order chi connectivity index (χ0) is 48.2. The first-order valence-electron chi connectivity index (χ1n) is 22.2. The monoisotopic (exact) mass is 909 g/mol. The van der Waals surface area contributed by atoms with Crippen molar-refractivity contribution in [2.24, 2.45) is 28.3 Å². The third kappa shape index (κ3) is 17.8. The number of nitrogens with one attached hydrogen (secondary N) is 6. The smallest absolute Gasteiger partial charge is 0.326 e. The fourth-order valence-corrected chi connectivity index (χ4v) is 7.28. The van der Waals surface area contributed by atoms with Crippen LogP contribution < -0.4 is 43.4 Å². The van der Waals surface area contributed by atoms with Crippen molar-refractivity contribution in [1.82, 2.24) is 36.8 Å². The van der Waals surface area contributed by atoms with Gasteiger partial charge in [0.2, 0.25) is 29.5 Å². The van der Waals surface area contributed by atoms with Crippen LogP contribution in [0, 0.1) is 11.8 Å². The Morgan fingerprint density at radius 3 is 2.05 bits per heavy atom. The van der Waals surface area contributed by atoms with Gasteiger partial charge in [0.25, 0.3) is 0 Å². The lowest BCUT2D eigenvalue weighted by atomic mass is 9.96. The van der Waals surface area contributed by atoms with Gasteiger partial charge in [-0.2, -0.15) is 0 Å². The van der Waals surface area contributed by atoms with Gasteiger partial charge in [-0.1, -0.05) is 58.4 Å². The summed E-state index contributed by atoms with van der Waals surface area (Å²) in [5, 5.41) is 45.8. The molecule has 3 rings (SSSR count). The summed E-state index contributed by atoms with van der Waals surface area (Å²) in [5.41, 5.74) is 12.1. The molecule has 0 aliphatic carbocycles. The number of hydrogen-bond acceptors (Lipinski definition) is 10. The van der Waals surface area contributed by atoms with Crippen molar-refractivity contribution in [3.63, 3.8) is 0 Å². The molecule has 7 unspecified atom stereocenters. The van der Waals surface area contributed by atoms with Gasteiger partial charge in [-0.15, -0.1) is 0 Å². The molecule has 358 valence electrons. The first-order chi connectivity index (χ1) is 30.8. The molecule has 1 aliphatic rings. The molecule has 20 nitrogen and oxygen atoms in total. The van der Waals surface area contributed by atoms with Gasteiger partial charge in [0.1, 0.15) is 47.8 Å². The predicted molar refractivity (Wildman–Crippen MR) is 243 cm³/mol. The summed E-state index contributed by atoms with van der Waals surface area (Å²) in [6.07, 6.45) is 1.79. The number of carboxylic acids is 1. The fourth-order valence-electron chi connectivity index (χ4n) is 7.28. The number of aryl methyl sites for hydroxylation is 1. The van der Waals surface area contributed by atoms with Crippen LogP contribution in [-0.4, -0.2) is 124 Å². The van der Waals surface area contributed by atoms with Crippen LogP contribution in [0.4, 0.5) is 4.79 Å². The van der Waals surface area contributed by atoms with Crippen molar-refractivity contribution in [3.05, 3.63) is 59.7 Å². The highest BCUT2D eigenvalue weighted by Gasteiger charge is 2.37. The van der Waals surface area contributed by atoms with E-state index in [2.05, 4.69) is 36.9 Å². The van der Waals surface area contributed by atoms with Crippen LogP contribution >= 0.6 is 0 Å². The highest BCUT2D eigenvalue weighted by molar-refractivity contribution is 5.96. The van der Waals surface area contributed by atoms with Crippen LogP contribution in [0.3, 0.4) is 0 Å². The Bertz CT molecular complexity index is 1940. The maximum atomic E-state index is 14.6. The van der Waals surface area contributed by atoms with Gasteiger partial charge in [-0.3, -0.25) is 29.0 Å². The summed E-state index contributed by atoms with van der Waals surface area (Å²) < 4.78 is 0. The summed E-state index contributed by atoms with van der Waals surface area (Å²) in [5.74, 6) is -5.15.